The number of rotatable bonds is 5. The van der Waals surface area contributed by atoms with Gasteiger partial charge in [0.2, 0.25) is 0 Å². The molecule has 1 atom stereocenters. The fraction of sp³-hybridized carbons (Fsp3) is 0.222. The van der Waals surface area contributed by atoms with Gasteiger partial charge in [-0.3, -0.25) is 9.59 Å². The van der Waals surface area contributed by atoms with Crippen molar-refractivity contribution in [2.45, 2.75) is 19.4 Å². The van der Waals surface area contributed by atoms with Crippen LogP contribution < -0.4 is 5.32 Å². The van der Waals surface area contributed by atoms with E-state index in [0.29, 0.717) is 11.3 Å². The maximum absolute atomic E-state index is 12.2. The van der Waals surface area contributed by atoms with Gasteiger partial charge in [0.05, 0.1) is 7.11 Å². The minimum absolute atomic E-state index is 0. The summed E-state index contributed by atoms with van der Waals surface area (Å²) in [6.45, 7) is 1.93. The van der Waals surface area contributed by atoms with Crippen LogP contribution in [0, 0.1) is 6.92 Å². The van der Waals surface area contributed by atoms with Gasteiger partial charge in [-0.25, -0.2) is 0 Å². The van der Waals surface area contributed by atoms with E-state index in [9.17, 15) is 9.59 Å². The van der Waals surface area contributed by atoms with Crippen molar-refractivity contribution < 1.29 is 35.4 Å². The zero-order chi connectivity index (χ0) is 16.8. The van der Waals surface area contributed by atoms with E-state index >= 15 is 0 Å². The van der Waals surface area contributed by atoms with Crippen molar-refractivity contribution in [2.24, 2.45) is 0 Å². The topological polar surface area (TPSA) is 79.2 Å². The third-order valence-electron chi connectivity index (χ3n) is 3.42. The first-order valence-electron chi connectivity index (χ1n) is 7.25. The monoisotopic (exact) mass is 495 g/mol. The number of carbonyl (C=O) groups excluding carboxylic acids is 2. The molecule has 2 rings (SSSR count). The number of amides is 1. The zero-order valence-electron chi connectivity index (χ0n) is 13.5. The SMILES string of the molecule is COC(=O)C([NH-])Cc1ccc(NC(=O)c2cccc(C)c2)cc1.[W]. The zero-order valence-corrected chi connectivity index (χ0v) is 16.5. The number of benzene rings is 2. The fourth-order valence-electron chi connectivity index (χ4n) is 2.18. The van der Waals surface area contributed by atoms with Crippen molar-refractivity contribution in [3.05, 3.63) is 71.0 Å². The van der Waals surface area contributed by atoms with Gasteiger partial charge >= 0.3 is 0 Å². The number of hydrogen-bond donors (Lipinski definition) is 1. The summed E-state index contributed by atoms with van der Waals surface area (Å²) in [5.74, 6) is -0.726. The maximum atomic E-state index is 12.2. The van der Waals surface area contributed by atoms with E-state index in [4.69, 9.17) is 5.73 Å². The van der Waals surface area contributed by atoms with Crippen LogP contribution in [0.5, 0.6) is 0 Å². The molecule has 0 bridgehead atoms. The number of methoxy groups -OCH3 is 1. The Hall–Kier alpha value is -1.97. The Morgan fingerprint density at radius 2 is 1.83 bits per heavy atom. The molecule has 2 N–H and O–H groups in total. The fourth-order valence-corrected chi connectivity index (χ4v) is 2.18. The van der Waals surface area contributed by atoms with E-state index in [1.54, 1.807) is 30.3 Å². The number of carbonyl (C=O) groups is 2. The molecule has 0 radical (unpaired) electrons. The molecule has 0 aliphatic rings. The van der Waals surface area contributed by atoms with E-state index in [-0.39, 0.29) is 33.4 Å². The molecular weight excluding hydrogens is 476 g/mol. The van der Waals surface area contributed by atoms with Crippen LogP contribution in [0.4, 0.5) is 5.69 Å². The van der Waals surface area contributed by atoms with Crippen LogP contribution in [-0.2, 0) is 37.0 Å². The summed E-state index contributed by atoms with van der Waals surface area (Å²) in [5.41, 5.74) is 10.8. The van der Waals surface area contributed by atoms with Gasteiger partial charge in [0, 0.05) is 32.3 Å². The minimum Gasteiger partial charge on any atom is -0.665 e. The molecule has 0 fully saturated rings. The van der Waals surface area contributed by atoms with E-state index in [0.717, 1.165) is 11.1 Å². The van der Waals surface area contributed by atoms with E-state index in [1.165, 1.54) is 7.11 Å². The second-order valence-corrected chi connectivity index (χ2v) is 5.30. The van der Waals surface area contributed by atoms with Crippen molar-refractivity contribution in [3.63, 3.8) is 0 Å². The van der Waals surface area contributed by atoms with Gasteiger partial charge in [0.1, 0.15) is 0 Å². The number of hydrogen-bond acceptors (Lipinski definition) is 3. The van der Waals surface area contributed by atoms with Gasteiger partial charge in [0.25, 0.3) is 11.9 Å². The first-order chi connectivity index (χ1) is 11.0. The normalized spacial score (nSPS) is 11.1. The van der Waals surface area contributed by atoms with Gasteiger partial charge in [0.15, 0.2) is 0 Å². The van der Waals surface area contributed by atoms with E-state index in [1.807, 2.05) is 25.1 Å². The number of anilines is 1. The van der Waals surface area contributed by atoms with Gasteiger partial charge < -0.3 is 15.8 Å². The molecule has 2 aromatic carbocycles. The third kappa shape index (κ3) is 5.59. The Bertz CT molecular complexity index is 702. The second kappa shape index (κ2) is 9.35. The third-order valence-corrected chi connectivity index (χ3v) is 3.42. The summed E-state index contributed by atoms with van der Waals surface area (Å²) >= 11 is 0. The van der Waals surface area contributed by atoms with Crippen molar-refractivity contribution in [1.82, 2.24) is 0 Å². The van der Waals surface area contributed by atoms with Gasteiger partial charge in [-0.15, -0.1) is 0 Å². The summed E-state index contributed by atoms with van der Waals surface area (Å²) in [6.07, 6.45) is 0.277. The molecule has 5 nitrogen and oxygen atoms in total. The molecular formula is C18H19N2O3W-. The quantitative estimate of drug-likeness (QED) is 0.647. The first-order valence-corrected chi connectivity index (χ1v) is 7.25. The molecule has 0 saturated carbocycles. The molecule has 1 amide bonds. The van der Waals surface area contributed by atoms with Crippen molar-refractivity contribution in [2.75, 3.05) is 12.4 Å². The predicted octanol–water partition coefficient (Wildman–Crippen LogP) is 3.38. The molecule has 0 heterocycles. The molecule has 0 aliphatic heterocycles. The average Bonchev–Trinajstić information content (AvgIpc) is 2.55. The molecule has 2 aromatic rings. The van der Waals surface area contributed by atoms with E-state index in [2.05, 4.69) is 10.1 Å². The summed E-state index contributed by atoms with van der Waals surface area (Å²) in [6, 6.07) is 13.5. The summed E-state index contributed by atoms with van der Waals surface area (Å²) in [5, 5.41) is 2.82. The molecule has 6 heteroatoms. The molecule has 24 heavy (non-hydrogen) atoms. The Morgan fingerprint density at radius 1 is 1.17 bits per heavy atom. The largest absolute Gasteiger partial charge is 0.665 e. The Morgan fingerprint density at radius 3 is 2.42 bits per heavy atom. The Kier molecular flexibility index (Phi) is 7.82. The first kappa shape index (κ1) is 20.1. The number of esters is 1. The standard InChI is InChI=1S/C18H19N2O3.W/c1-12-4-3-5-14(10-12)17(21)20-15-8-6-13(7-9-15)11-16(19)18(22)23-2;/h3-10,16,19H,11H2,1-2H3,(H,20,21);/q-1;. The second-order valence-electron chi connectivity index (χ2n) is 5.30. The van der Waals surface area contributed by atoms with Gasteiger partial charge in [-0.1, -0.05) is 29.8 Å². The minimum atomic E-state index is -0.937. The van der Waals surface area contributed by atoms with Crippen molar-refractivity contribution in [3.8, 4) is 0 Å². The van der Waals surface area contributed by atoms with Crippen LogP contribution in [0.15, 0.2) is 48.5 Å². The number of nitrogens with one attached hydrogen (secondary N) is 2. The summed E-state index contributed by atoms with van der Waals surface area (Å²) < 4.78 is 4.54. The molecule has 0 saturated heterocycles. The van der Waals surface area contributed by atoms with Crippen LogP contribution >= 0.6 is 0 Å². The number of ether oxygens (including phenoxy) is 1. The van der Waals surface area contributed by atoms with Crippen LogP contribution in [0.3, 0.4) is 0 Å². The molecule has 1 unspecified atom stereocenters. The smallest absolute Gasteiger partial charge is 0.287 e. The molecule has 0 spiro atoms. The Labute approximate surface area is 155 Å². The van der Waals surface area contributed by atoms with Gasteiger partial charge in [-0.05, 0) is 49.2 Å². The van der Waals surface area contributed by atoms with Crippen LogP contribution in [0.1, 0.15) is 21.5 Å². The van der Waals surface area contributed by atoms with Crippen LogP contribution in [0.25, 0.3) is 5.73 Å². The molecule has 0 aliphatic carbocycles. The maximum Gasteiger partial charge on any atom is 0.287 e. The van der Waals surface area contributed by atoms with Crippen molar-refractivity contribution >= 4 is 17.6 Å². The summed E-state index contributed by atoms with van der Waals surface area (Å²) in [7, 11) is 1.27. The number of aryl methyl sites for hydroxylation is 1. The van der Waals surface area contributed by atoms with Crippen LogP contribution in [0.2, 0.25) is 0 Å². The predicted molar refractivity (Wildman–Crippen MR) is 89.4 cm³/mol. The summed E-state index contributed by atoms with van der Waals surface area (Å²) in [4.78, 5) is 23.4. The molecule has 126 valence electrons. The average molecular weight is 495 g/mol. The van der Waals surface area contributed by atoms with Crippen LogP contribution in [-0.4, -0.2) is 25.0 Å². The van der Waals surface area contributed by atoms with Gasteiger partial charge in [-0.2, -0.15) is 0 Å². The van der Waals surface area contributed by atoms with E-state index < -0.39 is 12.0 Å². The Balaban J connectivity index is 0.00000288. The molecule has 0 aromatic heterocycles. The van der Waals surface area contributed by atoms with Crippen molar-refractivity contribution in [1.29, 1.82) is 0 Å².